The number of rotatable bonds is 17. The molecule has 0 spiro atoms. The number of piperidine rings is 1. The largest absolute Gasteiger partial charge is 0.465 e. The number of allylic oxidation sites excluding steroid dienone is 2. The summed E-state index contributed by atoms with van der Waals surface area (Å²) in [6.07, 6.45) is 2.93. The topological polar surface area (TPSA) is 164 Å². The average molecular weight is 688 g/mol. The third-order valence-corrected chi connectivity index (χ3v) is 9.26. The van der Waals surface area contributed by atoms with Crippen molar-refractivity contribution >= 4 is 24.0 Å². The zero-order chi connectivity index (χ0) is 36.1. The van der Waals surface area contributed by atoms with E-state index < -0.39 is 22.2 Å². The van der Waals surface area contributed by atoms with Crippen LogP contribution in [-0.2, 0) is 34.0 Å². The number of methoxy groups -OCH3 is 1. The Balaban J connectivity index is 1.60. The SMILES string of the molecule is CCOC(=O)C1(c2ccccc2)CCN(CCCN(C=O)C2=C(COC)NC(CC)=C(C(=O)OCCC#N)C2c2ccc([N+](=O)[O-])cc2)CC1. The first kappa shape index (κ1) is 37.8. The van der Waals surface area contributed by atoms with Crippen molar-refractivity contribution in [3.63, 3.8) is 0 Å². The number of likely N-dealkylation sites (tertiary alicyclic amines) is 1. The van der Waals surface area contributed by atoms with Gasteiger partial charge in [-0.2, -0.15) is 5.26 Å². The highest BCUT2D eigenvalue weighted by Crippen LogP contribution is 2.42. The smallest absolute Gasteiger partial charge is 0.336 e. The third kappa shape index (κ3) is 8.56. The van der Waals surface area contributed by atoms with Crippen molar-refractivity contribution in [2.45, 2.75) is 57.3 Å². The molecule has 1 atom stereocenters. The highest BCUT2D eigenvalue weighted by atomic mass is 16.6. The summed E-state index contributed by atoms with van der Waals surface area (Å²) in [5, 5.41) is 23.8. The second-order valence-corrected chi connectivity index (χ2v) is 12.2. The molecule has 2 aromatic carbocycles. The maximum atomic E-state index is 13.6. The molecule has 0 bridgehead atoms. The van der Waals surface area contributed by atoms with Crippen LogP contribution in [0.2, 0.25) is 0 Å². The predicted molar refractivity (Wildman–Crippen MR) is 184 cm³/mol. The number of non-ortho nitro benzene ring substituents is 1. The van der Waals surface area contributed by atoms with Gasteiger partial charge in [0.25, 0.3) is 5.69 Å². The summed E-state index contributed by atoms with van der Waals surface area (Å²) in [6.45, 7) is 6.27. The van der Waals surface area contributed by atoms with Crippen LogP contribution in [0, 0.1) is 21.4 Å². The van der Waals surface area contributed by atoms with E-state index in [2.05, 4.69) is 10.2 Å². The van der Waals surface area contributed by atoms with Crippen molar-refractivity contribution in [3.05, 3.63) is 98.5 Å². The molecule has 0 radical (unpaired) electrons. The average Bonchev–Trinajstić information content (AvgIpc) is 3.14. The number of nitriles is 1. The minimum atomic E-state index is -0.817. The van der Waals surface area contributed by atoms with E-state index in [0.717, 1.165) is 12.0 Å². The van der Waals surface area contributed by atoms with Gasteiger partial charge in [-0.15, -0.1) is 0 Å². The summed E-state index contributed by atoms with van der Waals surface area (Å²) in [6, 6.07) is 17.6. The Labute approximate surface area is 292 Å². The minimum absolute atomic E-state index is 0.0109. The lowest BCUT2D eigenvalue weighted by Gasteiger charge is -2.40. The van der Waals surface area contributed by atoms with Crippen LogP contribution in [0.25, 0.3) is 0 Å². The van der Waals surface area contributed by atoms with Crippen LogP contribution >= 0.6 is 0 Å². The summed E-state index contributed by atoms with van der Waals surface area (Å²) in [5.41, 5.74) is 2.55. The predicted octanol–water partition coefficient (Wildman–Crippen LogP) is 4.71. The first-order valence-electron chi connectivity index (χ1n) is 16.9. The normalized spacial score (nSPS) is 17.4. The molecular formula is C37H45N5O8. The summed E-state index contributed by atoms with van der Waals surface area (Å²) < 4.78 is 16.5. The van der Waals surface area contributed by atoms with Crippen LogP contribution in [0.3, 0.4) is 0 Å². The zero-order valence-corrected chi connectivity index (χ0v) is 28.9. The minimum Gasteiger partial charge on any atom is -0.465 e. The molecule has 1 N–H and O–H groups in total. The van der Waals surface area contributed by atoms with E-state index in [4.69, 9.17) is 19.5 Å². The Bertz CT molecular complexity index is 1610. The van der Waals surface area contributed by atoms with Gasteiger partial charge in [-0.25, -0.2) is 4.79 Å². The molecule has 2 heterocycles. The van der Waals surface area contributed by atoms with Crippen LogP contribution in [0.15, 0.2) is 77.3 Å². The Hall–Kier alpha value is -5.06. The monoisotopic (exact) mass is 687 g/mol. The molecule has 4 rings (SSSR count). The number of benzene rings is 2. The number of amides is 1. The molecule has 1 amide bonds. The van der Waals surface area contributed by atoms with E-state index in [1.54, 1.807) is 17.0 Å². The maximum absolute atomic E-state index is 13.6. The molecule has 266 valence electrons. The lowest BCUT2D eigenvalue weighted by Crippen LogP contribution is -2.48. The first-order chi connectivity index (χ1) is 24.2. The van der Waals surface area contributed by atoms with Crippen LogP contribution in [0.5, 0.6) is 0 Å². The van der Waals surface area contributed by atoms with Gasteiger partial charge in [0, 0.05) is 31.5 Å². The first-order valence-corrected chi connectivity index (χ1v) is 16.9. The molecule has 50 heavy (non-hydrogen) atoms. The van der Waals surface area contributed by atoms with Gasteiger partial charge in [0.15, 0.2) is 0 Å². The summed E-state index contributed by atoms with van der Waals surface area (Å²) in [5.74, 6) is -1.67. The highest BCUT2D eigenvalue weighted by Gasteiger charge is 2.44. The van der Waals surface area contributed by atoms with Crippen molar-refractivity contribution in [3.8, 4) is 6.07 Å². The van der Waals surface area contributed by atoms with E-state index in [9.17, 15) is 24.5 Å². The second kappa shape index (κ2) is 18.1. The Morgan fingerprint density at radius 3 is 2.38 bits per heavy atom. The fourth-order valence-corrected chi connectivity index (χ4v) is 6.78. The summed E-state index contributed by atoms with van der Waals surface area (Å²) in [4.78, 5) is 54.5. The second-order valence-electron chi connectivity index (χ2n) is 12.2. The van der Waals surface area contributed by atoms with E-state index in [0.29, 0.717) is 81.1 Å². The van der Waals surface area contributed by atoms with Gasteiger partial charge in [-0.05, 0) is 63.4 Å². The highest BCUT2D eigenvalue weighted by molar-refractivity contribution is 5.93. The fraction of sp³-hybridized carbons (Fsp3) is 0.459. The van der Waals surface area contributed by atoms with Crippen LogP contribution < -0.4 is 5.32 Å². The number of dihydropyridines is 1. The molecule has 13 nitrogen and oxygen atoms in total. The lowest BCUT2D eigenvalue weighted by atomic mass is 9.72. The number of nitrogens with one attached hydrogen (secondary N) is 1. The standard InChI is InChI=1S/C37H45N5O8/c1-4-30-33(35(44)50-24-9-19-38)32(27-13-15-29(16-14-27)42(46)47)34(31(39-30)25-48-3)41(26-43)21-10-20-40-22-17-37(18-23-40,36(45)49-5-2)28-11-7-6-8-12-28/h6-8,11-16,26,32,39H,4-5,9-10,17-18,20-25H2,1-3H3. The zero-order valence-electron chi connectivity index (χ0n) is 28.9. The molecule has 0 aromatic heterocycles. The number of nitrogens with zero attached hydrogens (tertiary/aromatic N) is 4. The molecule has 2 aliphatic rings. The van der Waals surface area contributed by atoms with E-state index >= 15 is 0 Å². The quantitative estimate of drug-likeness (QED) is 0.0806. The van der Waals surface area contributed by atoms with E-state index in [-0.39, 0.29) is 36.9 Å². The Morgan fingerprint density at radius 2 is 1.80 bits per heavy atom. The Kier molecular flexibility index (Phi) is 13.7. The van der Waals surface area contributed by atoms with Gasteiger partial charge in [0.05, 0.1) is 58.9 Å². The molecule has 2 aromatic rings. The van der Waals surface area contributed by atoms with Crippen molar-refractivity contribution < 1.29 is 33.5 Å². The number of carbonyl (C=O) groups excluding carboxylic acids is 3. The number of carbonyl (C=O) groups is 3. The molecule has 0 saturated carbocycles. The van der Waals surface area contributed by atoms with Crippen molar-refractivity contribution in [2.24, 2.45) is 0 Å². The summed E-state index contributed by atoms with van der Waals surface area (Å²) >= 11 is 0. The van der Waals surface area contributed by atoms with Crippen molar-refractivity contribution in [1.29, 1.82) is 5.26 Å². The number of hydrogen-bond donors (Lipinski definition) is 1. The molecular weight excluding hydrogens is 642 g/mol. The maximum Gasteiger partial charge on any atom is 0.336 e. The van der Waals surface area contributed by atoms with Gasteiger partial charge in [-0.1, -0.05) is 49.4 Å². The van der Waals surface area contributed by atoms with E-state index in [1.165, 1.54) is 19.2 Å². The van der Waals surface area contributed by atoms with Crippen LogP contribution in [-0.4, -0.2) is 86.2 Å². The van der Waals surface area contributed by atoms with Gasteiger partial charge >= 0.3 is 11.9 Å². The van der Waals surface area contributed by atoms with Gasteiger partial charge in [-0.3, -0.25) is 19.7 Å². The number of hydrogen-bond acceptors (Lipinski definition) is 11. The number of ether oxygens (including phenoxy) is 3. The molecule has 1 saturated heterocycles. The Morgan fingerprint density at radius 1 is 1.10 bits per heavy atom. The number of nitro benzene ring substituents is 1. The molecule has 13 heteroatoms. The lowest BCUT2D eigenvalue weighted by molar-refractivity contribution is -0.384. The third-order valence-electron chi connectivity index (χ3n) is 9.26. The van der Waals surface area contributed by atoms with Crippen LogP contribution in [0.4, 0.5) is 5.69 Å². The molecule has 2 aliphatic heterocycles. The fourth-order valence-electron chi connectivity index (χ4n) is 6.78. The number of esters is 2. The van der Waals surface area contributed by atoms with E-state index in [1.807, 2.05) is 50.2 Å². The van der Waals surface area contributed by atoms with Gasteiger partial charge in [0.1, 0.15) is 6.61 Å². The molecule has 1 fully saturated rings. The molecule has 0 aliphatic carbocycles. The van der Waals surface area contributed by atoms with Gasteiger partial charge < -0.3 is 29.3 Å². The number of nitro groups is 1. The van der Waals surface area contributed by atoms with Crippen LogP contribution in [0.1, 0.15) is 63.0 Å². The van der Waals surface area contributed by atoms with Gasteiger partial charge in [0.2, 0.25) is 6.41 Å². The molecule has 1 unspecified atom stereocenters. The van der Waals surface area contributed by atoms with Crippen molar-refractivity contribution in [1.82, 2.24) is 15.1 Å². The summed E-state index contributed by atoms with van der Waals surface area (Å²) in [7, 11) is 1.53. The van der Waals surface area contributed by atoms with Crippen molar-refractivity contribution in [2.75, 3.05) is 53.1 Å².